The maximum Gasteiger partial charge on any atom is 0.410 e. The van der Waals surface area contributed by atoms with Crippen molar-refractivity contribution < 1.29 is 23.5 Å². The Bertz CT molecular complexity index is 1610. The molecule has 2 aliphatic heterocycles. The van der Waals surface area contributed by atoms with Crippen molar-refractivity contribution in [3.63, 3.8) is 0 Å². The van der Waals surface area contributed by atoms with Crippen LogP contribution in [0.5, 0.6) is 0 Å². The Morgan fingerprint density at radius 3 is 1.70 bits per heavy atom. The quantitative estimate of drug-likeness (QED) is 0.262. The smallest absolute Gasteiger partial charge is 0.410 e. The number of thiocarbonyl (C=S) groups is 1. The zero-order chi connectivity index (χ0) is 33.0. The number of amides is 2. The number of rotatable bonds is 6. The number of piperazine rings is 2. The first-order valence-electron chi connectivity index (χ1n) is 15.3. The Labute approximate surface area is 283 Å². The molecule has 1 aromatic heterocycles. The molecule has 0 unspecified atom stereocenters. The Morgan fingerprint density at radius 2 is 1.19 bits per heavy atom. The van der Waals surface area contributed by atoms with E-state index in [2.05, 4.69) is 9.88 Å². The van der Waals surface area contributed by atoms with Gasteiger partial charge in [0.05, 0.1) is 5.69 Å². The summed E-state index contributed by atoms with van der Waals surface area (Å²) in [7, 11) is 0. The molecule has 10 nitrogen and oxygen atoms in total. The fourth-order valence-electron chi connectivity index (χ4n) is 5.01. The van der Waals surface area contributed by atoms with Gasteiger partial charge in [0.15, 0.2) is 10.2 Å². The van der Waals surface area contributed by atoms with E-state index in [-0.39, 0.29) is 24.6 Å². The molecular weight excluding hydrogens is 640 g/mol. The monoisotopic (exact) mass is 676 g/mol. The topological polar surface area (TPSA) is 104 Å². The van der Waals surface area contributed by atoms with Crippen LogP contribution >= 0.6 is 23.6 Å². The molecular formula is C34H37FN6O4S2. The van der Waals surface area contributed by atoms with Gasteiger partial charge in [-0.1, -0.05) is 72.8 Å². The molecule has 2 fully saturated rings. The normalized spacial score (nSPS) is 14.6. The lowest BCUT2D eigenvalue weighted by molar-refractivity contribution is 0.0826. The summed E-state index contributed by atoms with van der Waals surface area (Å²) < 4.78 is 24.6. The lowest BCUT2D eigenvalue weighted by atomic mass is 10.2. The number of nitrogens with two attached hydrogens (primary N) is 1. The second-order valence-electron chi connectivity index (χ2n) is 10.9. The average molecular weight is 677 g/mol. The maximum atomic E-state index is 14.0. The largest absolute Gasteiger partial charge is 0.445 e. The van der Waals surface area contributed by atoms with Crippen LogP contribution in [0.1, 0.15) is 11.1 Å². The van der Waals surface area contributed by atoms with E-state index in [4.69, 9.17) is 27.4 Å². The Hall–Kier alpha value is -4.75. The number of anilines is 1. The van der Waals surface area contributed by atoms with Gasteiger partial charge in [-0.05, 0) is 35.5 Å². The summed E-state index contributed by atoms with van der Waals surface area (Å²) in [4.78, 5) is 36.1. The summed E-state index contributed by atoms with van der Waals surface area (Å²) in [5.41, 5.74) is 8.65. The van der Waals surface area contributed by atoms with Crippen LogP contribution in [0.2, 0.25) is 0 Å². The number of carbonyl (C=O) groups excluding carboxylic acids is 2. The minimum Gasteiger partial charge on any atom is -0.445 e. The molecule has 47 heavy (non-hydrogen) atoms. The highest BCUT2D eigenvalue weighted by atomic mass is 32.1. The third-order valence-electron chi connectivity index (χ3n) is 7.71. The Kier molecular flexibility index (Phi) is 11.9. The number of thiazole rings is 1. The minimum atomic E-state index is -0.297. The van der Waals surface area contributed by atoms with Crippen LogP contribution in [-0.2, 0) is 22.7 Å². The zero-order valence-electron chi connectivity index (χ0n) is 25.9. The summed E-state index contributed by atoms with van der Waals surface area (Å²) in [5, 5.41) is 3.10. The molecule has 2 saturated heterocycles. The standard InChI is InChI=1S/C21H20FN3O2S.C13H17N3O2S/c22-18-9-5-4-8-17(18)19-15-28-20(23-19)24-10-12-25(13-11-24)21(26)27-14-16-6-2-1-3-7-16;14-12(19)15-6-8-16(9-7-15)13(17)18-10-11-4-2-1-3-5-11/h1-9,15H,10-14H2;1-5H,6-10H2,(H2,14,19). The van der Waals surface area contributed by atoms with E-state index in [0.717, 1.165) is 16.3 Å². The number of carbonyl (C=O) groups is 2. The van der Waals surface area contributed by atoms with Gasteiger partial charge in [0, 0.05) is 63.3 Å². The fourth-order valence-corrected chi connectivity index (χ4v) is 6.08. The fraction of sp³-hybridized carbons (Fsp3) is 0.294. The SMILES string of the molecule is NC(=S)N1CCN(C(=O)OCc2ccccc2)CC1.O=C(OCc1ccccc1)N1CCN(c2nc(-c3ccccc3F)cs2)CC1. The first-order chi connectivity index (χ1) is 22.9. The molecule has 2 amide bonds. The van der Waals surface area contributed by atoms with Gasteiger partial charge in [-0.25, -0.2) is 19.0 Å². The van der Waals surface area contributed by atoms with E-state index in [1.807, 2.05) is 70.9 Å². The van der Waals surface area contributed by atoms with Gasteiger partial charge in [0.25, 0.3) is 0 Å². The second-order valence-corrected chi connectivity index (χ2v) is 12.1. The third-order valence-corrected chi connectivity index (χ3v) is 8.87. The predicted molar refractivity (Wildman–Crippen MR) is 184 cm³/mol. The molecule has 0 bridgehead atoms. The van der Waals surface area contributed by atoms with Gasteiger partial charge in [-0.3, -0.25) is 0 Å². The van der Waals surface area contributed by atoms with Crippen molar-refractivity contribution in [3.8, 4) is 11.3 Å². The average Bonchev–Trinajstić information content (AvgIpc) is 3.61. The van der Waals surface area contributed by atoms with Gasteiger partial charge in [0.1, 0.15) is 19.0 Å². The third kappa shape index (κ3) is 9.63. The molecule has 13 heteroatoms. The number of hydrogen-bond acceptors (Lipinski definition) is 8. The molecule has 4 aromatic rings. The highest BCUT2D eigenvalue weighted by Crippen LogP contribution is 2.29. The number of nitrogens with zero attached hydrogens (tertiary/aromatic N) is 5. The van der Waals surface area contributed by atoms with E-state index >= 15 is 0 Å². The van der Waals surface area contributed by atoms with Crippen molar-refractivity contribution >= 4 is 46.0 Å². The summed E-state index contributed by atoms with van der Waals surface area (Å²) >= 11 is 6.39. The summed E-state index contributed by atoms with van der Waals surface area (Å²) in [6.07, 6.45) is -0.582. The summed E-state index contributed by atoms with van der Waals surface area (Å²) in [5.74, 6) is -0.273. The Morgan fingerprint density at radius 1 is 0.723 bits per heavy atom. The van der Waals surface area contributed by atoms with E-state index < -0.39 is 0 Å². The summed E-state index contributed by atoms with van der Waals surface area (Å²) in [6.45, 7) is 5.56. The highest BCUT2D eigenvalue weighted by molar-refractivity contribution is 7.80. The lowest BCUT2D eigenvalue weighted by Crippen LogP contribution is -2.52. The lowest BCUT2D eigenvalue weighted by Gasteiger charge is -2.34. The highest BCUT2D eigenvalue weighted by Gasteiger charge is 2.25. The van der Waals surface area contributed by atoms with Gasteiger partial charge >= 0.3 is 12.2 Å². The van der Waals surface area contributed by atoms with Gasteiger partial charge in [-0.15, -0.1) is 11.3 Å². The van der Waals surface area contributed by atoms with Gasteiger partial charge in [-0.2, -0.15) is 0 Å². The van der Waals surface area contributed by atoms with Crippen LogP contribution in [0.4, 0.5) is 19.1 Å². The molecule has 0 spiro atoms. The summed E-state index contributed by atoms with van der Waals surface area (Å²) in [6, 6.07) is 25.9. The van der Waals surface area contributed by atoms with Gasteiger partial charge in [0.2, 0.25) is 0 Å². The van der Waals surface area contributed by atoms with Crippen LogP contribution < -0.4 is 10.6 Å². The molecule has 3 heterocycles. The van der Waals surface area contributed by atoms with E-state index in [0.29, 0.717) is 75.3 Å². The molecule has 2 aliphatic rings. The maximum absolute atomic E-state index is 14.0. The first-order valence-corrected chi connectivity index (χ1v) is 16.6. The van der Waals surface area contributed by atoms with Gasteiger partial charge < -0.3 is 34.8 Å². The van der Waals surface area contributed by atoms with E-state index in [1.165, 1.54) is 17.4 Å². The molecule has 0 aliphatic carbocycles. The Balaban J connectivity index is 0.000000199. The molecule has 246 valence electrons. The molecule has 0 atom stereocenters. The van der Waals surface area contributed by atoms with E-state index in [9.17, 15) is 14.0 Å². The molecule has 6 rings (SSSR count). The zero-order valence-corrected chi connectivity index (χ0v) is 27.5. The van der Waals surface area contributed by atoms with Crippen molar-refractivity contribution in [2.75, 3.05) is 57.3 Å². The number of benzene rings is 3. The number of aromatic nitrogens is 1. The first kappa shape index (κ1) is 33.6. The van der Waals surface area contributed by atoms with Crippen LogP contribution in [0.15, 0.2) is 90.3 Å². The second kappa shape index (κ2) is 16.7. The molecule has 3 aromatic carbocycles. The van der Waals surface area contributed by atoms with Crippen LogP contribution in [0.25, 0.3) is 11.3 Å². The van der Waals surface area contributed by atoms with Crippen molar-refractivity contribution in [2.24, 2.45) is 5.73 Å². The minimum absolute atomic E-state index is 0.273. The molecule has 0 saturated carbocycles. The van der Waals surface area contributed by atoms with Crippen molar-refractivity contribution in [3.05, 3.63) is 107 Å². The van der Waals surface area contributed by atoms with Crippen molar-refractivity contribution in [2.45, 2.75) is 13.2 Å². The number of ether oxygens (including phenoxy) is 2. The van der Waals surface area contributed by atoms with E-state index in [1.54, 1.807) is 28.0 Å². The number of hydrogen-bond donors (Lipinski definition) is 1. The van der Waals surface area contributed by atoms with Crippen molar-refractivity contribution in [1.29, 1.82) is 0 Å². The predicted octanol–water partition coefficient (Wildman–Crippen LogP) is 5.59. The van der Waals surface area contributed by atoms with Crippen molar-refractivity contribution in [1.82, 2.24) is 19.7 Å². The van der Waals surface area contributed by atoms with Crippen LogP contribution in [-0.4, -0.2) is 89.3 Å². The number of halogens is 1. The molecule has 0 radical (unpaired) electrons. The molecule has 2 N–H and O–H groups in total. The van der Waals surface area contributed by atoms with Crippen LogP contribution in [0.3, 0.4) is 0 Å². The van der Waals surface area contributed by atoms with Crippen LogP contribution in [0, 0.1) is 5.82 Å².